The van der Waals surface area contributed by atoms with Gasteiger partial charge < -0.3 is 15.5 Å². The van der Waals surface area contributed by atoms with E-state index in [1.807, 2.05) is 19.1 Å². The molecule has 0 amide bonds. The molecule has 2 N–H and O–H groups in total. The standard InChI is InChI=1S/C21H36N4O2S/c1-17-15-19(10-11-20(17)28(4,26)27)16-24-21(22-3)23-12-6-8-14-25-13-7-5-9-18(25)2/h10-11,15,18H,5-9,12-14,16H2,1-4H3,(H2,22,23,24). The van der Waals surface area contributed by atoms with Crippen LogP contribution in [0.4, 0.5) is 0 Å². The number of hydrogen-bond acceptors (Lipinski definition) is 4. The van der Waals surface area contributed by atoms with Crippen molar-refractivity contribution in [1.29, 1.82) is 0 Å². The lowest BCUT2D eigenvalue weighted by Gasteiger charge is -2.33. The minimum atomic E-state index is -3.18. The number of aliphatic imine (C=N–C) groups is 1. The van der Waals surface area contributed by atoms with Crippen molar-refractivity contribution < 1.29 is 8.42 Å². The number of benzene rings is 1. The van der Waals surface area contributed by atoms with E-state index in [4.69, 9.17) is 0 Å². The van der Waals surface area contributed by atoms with Crippen LogP contribution in [0.1, 0.15) is 50.2 Å². The normalized spacial score (nSPS) is 18.9. The predicted molar refractivity (Wildman–Crippen MR) is 117 cm³/mol. The van der Waals surface area contributed by atoms with E-state index in [1.54, 1.807) is 13.1 Å². The Morgan fingerprint density at radius 1 is 1.25 bits per heavy atom. The van der Waals surface area contributed by atoms with Gasteiger partial charge in [0.05, 0.1) is 4.90 Å². The van der Waals surface area contributed by atoms with Crippen molar-refractivity contribution in [2.45, 2.75) is 63.4 Å². The van der Waals surface area contributed by atoms with E-state index >= 15 is 0 Å². The molecule has 0 bridgehead atoms. The summed E-state index contributed by atoms with van der Waals surface area (Å²) < 4.78 is 23.4. The minimum absolute atomic E-state index is 0.391. The topological polar surface area (TPSA) is 73.8 Å². The van der Waals surface area contributed by atoms with Gasteiger partial charge in [-0.2, -0.15) is 0 Å². The molecule has 7 heteroatoms. The molecule has 1 aliphatic rings. The van der Waals surface area contributed by atoms with Crippen LogP contribution in [0.5, 0.6) is 0 Å². The third kappa shape index (κ3) is 7.09. The van der Waals surface area contributed by atoms with Crippen LogP contribution >= 0.6 is 0 Å². The first kappa shape index (κ1) is 22.7. The van der Waals surface area contributed by atoms with E-state index in [1.165, 1.54) is 45.0 Å². The summed E-state index contributed by atoms with van der Waals surface area (Å²) in [5, 5.41) is 6.66. The highest BCUT2D eigenvalue weighted by molar-refractivity contribution is 7.90. The predicted octanol–water partition coefficient (Wildman–Crippen LogP) is 2.72. The zero-order valence-electron chi connectivity index (χ0n) is 17.8. The Labute approximate surface area is 170 Å². The van der Waals surface area contributed by atoms with E-state index < -0.39 is 9.84 Å². The highest BCUT2D eigenvalue weighted by Gasteiger charge is 2.17. The van der Waals surface area contributed by atoms with E-state index in [-0.39, 0.29) is 0 Å². The van der Waals surface area contributed by atoms with Gasteiger partial charge in [0.1, 0.15) is 0 Å². The van der Waals surface area contributed by atoms with Crippen molar-refractivity contribution >= 4 is 15.8 Å². The van der Waals surface area contributed by atoms with E-state index in [0.717, 1.165) is 36.1 Å². The van der Waals surface area contributed by atoms with Crippen molar-refractivity contribution in [3.8, 4) is 0 Å². The highest BCUT2D eigenvalue weighted by Crippen LogP contribution is 2.17. The van der Waals surface area contributed by atoms with Crippen molar-refractivity contribution in [3.05, 3.63) is 29.3 Å². The lowest BCUT2D eigenvalue weighted by Crippen LogP contribution is -2.39. The molecule has 1 aromatic rings. The summed E-state index contributed by atoms with van der Waals surface area (Å²) in [5.41, 5.74) is 1.81. The van der Waals surface area contributed by atoms with Crippen LogP contribution in [0.2, 0.25) is 0 Å². The molecule has 1 unspecified atom stereocenters. The molecule has 0 aliphatic carbocycles. The third-order valence-electron chi connectivity index (χ3n) is 5.43. The molecule has 2 rings (SSSR count). The van der Waals surface area contributed by atoms with Gasteiger partial charge >= 0.3 is 0 Å². The molecule has 1 aromatic carbocycles. The summed E-state index contributed by atoms with van der Waals surface area (Å²) in [7, 11) is -1.41. The average Bonchev–Trinajstić information content (AvgIpc) is 2.64. The van der Waals surface area contributed by atoms with Crippen LogP contribution in [-0.2, 0) is 16.4 Å². The fourth-order valence-corrected chi connectivity index (χ4v) is 4.74. The molecule has 0 saturated carbocycles. The van der Waals surface area contributed by atoms with Crippen molar-refractivity contribution in [2.75, 3.05) is 32.9 Å². The summed E-state index contributed by atoms with van der Waals surface area (Å²) in [6.45, 7) is 8.10. The number of piperidine rings is 1. The number of guanidine groups is 1. The number of aryl methyl sites for hydroxylation is 1. The smallest absolute Gasteiger partial charge is 0.191 e. The third-order valence-corrected chi connectivity index (χ3v) is 6.68. The van der Waals surface area contributed by atoms with Gasteiger partial charge in [-0.3, -0.25) is 4.99 Å². The first-order valence-electron chi connectivity index (χ1n) is 10.3. The fourth-order valence-electron chi connectivity index (χ4n) is 3.78. The Hall–Kier alpha value is -1.60. The van der Waals surface area contributed by atoms with Crippen molar-refractivity contribution in [3.63, 3.8) is 0 Å². The summed E-state index contributed by atoms with van der Waals surface area (Å²) in [5.74, 6) is 0.774. The molecule has 28 heavy (non-hydrogen) atoms. The molecular weight excluding hydrogens is 372 g/mol. The maximum atomic E-state index is 11.7. The van der Waals surface area contributed by atoms with Gasteiger partial charge in [-0.15, -0.1) is 0 Å². The summed E-state index contributed by atoms with van der Waals surface area (Å²) in [6, 6.07) is 6.17. The maximum absolute atomic E-state index is 11.7. The van der Waals surface area contributed by atoms with Gasteiger partial charge in [0.25, 0.3) is 0 Å². The summed E-state index contributed by atoms with van der Waals surface area (Å²) in [4.78, 5) is 7.27. The summed E-state index contributed by atoms with van der Waals surface area (Å²) in [6.07, 6.45) is 7.60. The Morgan fingerprint density at radius 3 is 2.68 bits per heavy atom. The van der Waals surface area contributed by atoms with Crippen LogP contribution in [0.25, 0.3) is 0 Å². The minimum Gasteiger partial charge on any atom is -0.356 e. The number of unbranched alkanes of at least 4 members (excludes halogenated alkanes) is 1. The monoisotopic (exact) mass is 408 g/mol. The number of nitrogens with one attached hydrogen (secondary N) is 2. The molecule has 1 fully saturated rings. The van der Waals surface area contributed by atoms with E-state index in [9.17, 15) is 8.42 Å². The summed E-state index contributed by atoms with van der Waals surface area (Å²) >= 11 is 0. The number of likely N-dealkylation sites (tertiary alicyclic amines) is 1. The van der Waals surface area contributed by atoms with Gasteiger partial charge in [0.2, 0.25) is 0 Å². The zero-order valence-corrected chi connectivity index (χ0v) is 18.6. The second-order valence-corrected chi connectivity index (χ2v) is 9.80. The fraction of sp³-hybridized carbons (Fsp3) is 0.667. The SMILES string of the molecule is CN=C(NCCCCN1CCCCC1C)NCc1ccc(S(C)(=O)=O)c(C)c1. The van der Waals surface area contributed by atoms with Crippen LogP contribution in [0.3, 0.4) is 0 Å². The largest absolute Gasteiger partial charge is 0.356 e. The zero-order chi connectivity index (χ0) is 20.6. The van der Waals surface area contributed by atoms with Gasteiger partial charge in [0, 0.05) is 32.4 Å². The molecule has 1 aliphatic heterocycles. The lowest BCUT2D eigenvalue weighted by molar-refractivity contribution is 0.158. The number of rotatable bonds is 8. The van der Waals surface area contributed by atoms with Crippen LogP contribution in [0.15, 0.2) is 28.1 Å². The second kappa shape index (κ2) is 10.8. The van der Waals surface area contributed by atoms with E-state index in [2.05, 4.69) is 27.4 Å². The average molecular weight is 409 g/mol. The van der Waals surface area contributed by atoms with E-state index in [0.29, 0.717) is 11.4 Å². The molecule has 1 heterocycles. The van der Waals surface area contributed by atoms with Gasteiger partial charge in [-0.25, -0.2) is 8.42 Å². The maximum Gasteiger partial charge on any atom is 0.191 e. The molecule has 1 saturated heterocycles. The molecule has 158 valence electrons. The molecule has 1 atom stereocenters. The molecule has 0 spiro atoms. The molecule has 0 radical (unpaired) electrons. The molecule has 0 aromatic heterocycles. The Bertz CT molecular complexity index is 762. The van der Waals surface area contributed by atoms with Crippen LogP contribution in [-0.4, -0.2) is 58.3 Å². The number of nitrogens with zero attached hydrogens (tertiary/aromatic N) is 2. The molecule has 6 nitrogen and oxygen atoms in total. The number of sulfone groups is 1. The quantitative estimate of drug-likeness (QED) is 0.393. The van der Waals surface area contributed by atoms with Crippen LogP contribution in [0, 0.1) is 6.92 Å². The first-order chi connectivity index (χ1) is 13.3. The second-order valence-electron chi connectivity index (χ2n) is 7.81. The Morgan fingerprint density at radius 2 is 2.04 bits per heavy atom. The first-order valence-corrected chi connectivity index (χ1v) is 12.2. The van der Waals surface area contributed by atoms with Gasteiger partial charge in [0.15, 0.2) is 15.8 Å². The van der Waals surface area contributed by atoms with Crippen LogP contribution < -0.4 is 10.6 Å². The lowest BCUT2D eigenvalue weighted by atomic mass is 10.0. The Balaban J connectivity index is 1.71. The highest BCUT2D eigenvalue weighted by atomic mass is 32.2. The van der Waals surface area contributed by atoms with Crippen molar-refractivity contribution in [2.24, 2.45) is 4.99 Å². The number of hydrogen-bond donors (Lipinski definition) is 2. The van der Waals surface area contributed by atoms with Crippen molar-refractivity contribution in [1.82, 2.24) is 15.5 Å². The Kier molecular flexibility index (Phi) is 8.76. The molecular formula is C21H36N4O2S. The van der Waals surface area contributed by atoms with Gasteiger partial charge in [-0.05, 0) is 69.8 Å². The van der Waals surface area contributed by atoms with Gasteiger partial charge in [-0.1, -0.05) is 18.6 Å².